The molecule has 0 unspecified atom stereocenters. The third-order valence-corrected chi connectivity index (χ3v) is 9.01. The number of benzene rings is 3. The molecule has 172 valence electrons. The summed E-state index contributed by atoms with van der Waals surface area (Å²) >= 11 is 20.0. The van der Waals surface area contributed by atoms with Gasteiger partial charge in [-0.2, -0.15) is 13.2 Å². The maximum Gasteiger partial charge on any atom is 0.416 e. The van der Waals surface area contributed by atoms with E-state index in [-0.39, 0.29) is 10.7 Å². The van der Waals surface area contributed by atoms with Crippen LogP contribution in [0.25, 0.3) is 10.2 Å². The summed E-state index contributed by atoms with van der Waals surface area (Å²) in [6.07, 6.45) is -4.63. The van der Waals surface area contributed by atoms with E-state index in [1.165, 1.54) is 35.2 Å². The van der Waals surface area contributed by atoms with Gasteiger partial charge >= 0.3 is 6.18 Å². The number of alkyl halides is 3. The summed E-state index contributed by atoms with van der Waals surface area (Å²) in [5, 5.41) is 0.407. The zero-order valence-corrected chi connectivity index (χ0v) is 20.8. The van der Waals surface area contributed by atoms with Crippen LogP contribution in [-0.4, -0.2) is 13.4 Å². The van der Waals surface area contributed by atoms with Crippen LogP contribution >= 0.6 is 46.3 Å². The first-order valence-corrected chi connectivity index (χ1v) is 13.1. The van der Waals surface area contributed by atoms with Gasteiger partial charge in [-0.3, -0.25) is 4.72 Å². The second-order valence-electron chi connectivity index (χ2n) is 6.60. The van der Waals surface area contributed by atoms with Gasteiger partial charge in [-0.1, -0.05) is 35.0 Å². The van der Waals surface area contributed by atoms with E-state index >= 15 is 0 Å². The van der Waals surface area contributed by atoms with E-state index in [1.807, 2.05) is 6.07 Å². The Morgan fingerprint density at radius 1 is 1.03 bits per heavy atom. The van der Waals surface area contributed by atoms with Crippen molar-refractivity contribution in [2.45, 2.75) is 20.3 Å². The zero-order chi connectivity index (χ0) is 24.0. The lowest BCUT2D eigenvalue weighted by atomic mass is 10.2. The Hall–Kier alpha value is -1.69. The van der Waals surface area contributed by atoms with Crippen molar-refractivity contribution in [1.82, 2.24) is 4.98 Å². The molecule has 0 aliphatic carbocycles. The van der Waals surface area contributed by atoms with E-state index in [9.17, 15) is 21.6 Å². The lowest BCUT2D eigenvalue weighted by molar-refractivity contribution is -0.294. The number of thiazole rings is 1. The minimum Gasteiger partial charge on any atom is -0.279 e. The third-order valence-electron chi connectivity index (χ3n) is 4.27. The van der Waals surface area contributed by atoms with Crippen molar-refractivity contribution in [2.24, 2.45) is 0 Å². The number of hydrogen-bond acceptors (Lipinski definition) is 5. The van der Waals surface area contributed by atoms with Gasteiger partial charge in [-0.15, -0.1) is 11.3 Å². The van der Waals surface area contributed by atoms with E-state index in [1.54, 1.807) is 18.2 Å². The standard InChI is InChI=1S/C20H11Cl3F3N2O2S3/c21-11-2-4-17-15(8-11)27-19(32-17)31-16-5-3-12(9-13(16)22)28-33(29,30)18-6-1-10(7-14(18)23)20(24,25)26/h1-9,23,28H/q+1. The molecule has 0 amide bonds. The number of halogens is 6. The smallest absolute Gasteiger partial charge is 0.279 e. The van der Waals surface area contributed by atoms with Gasteiger partial charge in [-0.25, -0.2) is 13.4 Å². The highest BCUT2D eigenvalue weighted by Crippen LogP contribution is 2.39. The molecule has 1 aromatic heterocycles. The normalized spacial score (nSPS) is 12.3. The molecule has 4 nitrogen and oxygen atoms in total. The first-order chi connectivity index (χ1) is 15.4. The molecule has 4 aromatic rings. The summed E-state index contributed by atoms with van der Waals surface area (Å²) in [5.74, 6) is 0. The minimum absolute atomic E-state index is 0.134. The largest absolute Gasteiger partial charge is 0.416 e. The van der Waals surface area contributed by atoms with E-state index in [0.717, 1.165) is 20.6 Å². The summed E-state index contributed by atoms with van der Waals surface area (Å²) in [7, 11) is -4.23. The molecule has 0 atom stereocenters. The Kier molecular flexibility index (Phi) is 6.78. The Bertz CT molecular complexity index is 1470. The lowest BCUT2D eigenvalue weighted by Gasteiger charge is -2.11. The zero-order valence-electron chi connectivity index (χ0n) is 16.0. The number of hydrogen-bond donors (Lipinski definition) is 1. The Morgan fingerprint density at radius 3 is 2.45 bits per heavy atom. The molecule has 4 rings (SSSR count). The maximum absolute atomic E-state index is 12.8. The highest BCUT2D eigenvalue weighted by atomic mass is 35.5. The fraction of sp³-hybridized carbons (Fsp3) is 0.0500. The molecule has 3 aromatic carbocycles. The number of fused-ring (bicyclic) bond motifs is 1. The molecule has 0 radical (unpaired) electrons. The quantitative estimate of drug-likeness (QED) is 0.274. The summed E-state index contributed by atoms with van der Waals surface area (Å²) in [6.45, 7) is 0. The monoisotopic (exact) mass is 569 g/mol. The minimum atomic E-state index is -4.63. The summed E-state index contributed by atoms with van der Waals surface area (Å²) in [4.78, 5) is 4.71. The van der Waals surface area contributed by atoms with Gasteiger partial charge in [0.1, 0.15) is 0 Å². The maximum atomic E-state index is 12.8. The third kappa shape index (κ3) is 5.52. The Morgan fingerprint density at radius 2 is 1.79 bits per heavy atom. The number of nitrogens with zero attached hydrogens (tertiary/aromatic N) is 1. The predicted molar refractivity (Wildman–Crippen MR) is 123 cm³/mol. The van der Waals surface area contributed by atoms with Crippen LogP contribution in [0, 0.1) is 11.6 Å². The topological polar surface area (TPSA) is 59.1 Å². The summed E-state index contributed by atoms with van der Waals surface area (Å²) in [6, 6.07) is 12.0. The first-order valence-electron chi connectivity index (χ1n) is 8.87. The van der Waals surface area contributed by atoms with E-state index in [2.05, 4.69) is 9.71 Å². The van der Waals surface area contributed by atoms with Crippen LogP contribution in [-0.2, 0) is 16.2 Å². The second kappa shape index (κ2) is 9.16. The van der Waals surface area contributed by atoms with Crippen molar-refractivity contribution >= 4 is 72.2 Å². The molecular weight excluding hydrogens is 560 g/mol. The molecule has 0 saturated carbocycles. The van der Waals surface area contributed by atoms with E-state index in [0.29, 0.717) is 22.1 Å². The second-order valence-corrected chi connectivity index (χ2v) is 11.9. The van der Waals surface area contributed by atoms with Crippen molar-refractivity contribution in [3.63, 3.8) is 0 Å². The van der Waals surface area contributed by atoms with Gasteiger partial charge in [0, 0.05) is 16.0 Å². The van der Waals surface area contributed by atoms with Gasteiger partial charge < -0.3 is 0 Å². The van der Waals surface area contributed by atoms with Crippen molar-refractivity contribution in [1.29, 1.82) is 0 Å². The van der Waals surface area contributed by atoms with Crippen molar-refractivity contribution in [2.75, 3.05) is 4.72 Å². The van der Waals surface area contributed by atoms with Gasteiger partial charge in [0.25, 0.3) is 10.0 Å². The van der Waals surface area contributed by atoms with Crippen molar-refractivity contribution in [3.8, 4) is 0 Å². The van der Waals surface area contributed by atoms with Crippen LogP contribution in [0.2, 0.25) is 15.1 Å². The number of rotatable bonds is 5. The van der Waals surface area contributed by atoms with Gasteiger partial charge in [0.05, 0.1) is 26.5 Å². The van der Waals surface area contributed by atoms with Crippen LogP contribution in [0.4, 0.5) is 18.9 Å². The summed E-state index contributed by atoms with van der Waals surface area (Å²) < 4.78 is 67.8. The van der Waals surface area contributed by atoms with E-state index in [4.69, 9.17) is 34.8 Å². The van der Waals surface area contributed by atoms with Gasteiger partial charge in [0.15, 0.2) is 20.8 Å². The SMILES string of the molecule is O=S(=O)(Nc1ccc(Sc2nc3cc(Cl)ccc3s2)c(Cl)c1)c1ccc(C(F)(F)F)cc1[ClH+]. The number of sulfonamides is 1. The molecule has 0 fully saturated rings. The number of aromatic nitrogens is 1. The van der Waals surface area contributed by atoms with Crippen LogP contribution < -0.4 is 4.72 Å². The van der Waals surface area contributed by atoms with Gasteiger partial charge in [0.2, 0.25) is 5.02 Å². The molecule has 0 aliphatic rings. The molecule has 0 bridgehead atoms. The Labute approximate surface area is 209 Å². The van der Waals surface area contributed by atoms with Crippen LogP contribution in [0.15, 0.2) is 68.7 Å². The molecule has 1 heterocycles. The highest BCUT2D eigenvalue weighted by Gasteiger charge is 2.34. The summed E-state index contributed by atoms with van der Waals surface area (Å²) in [5.41, 5.74) is -0.130. The van der Waals surface area contributed by atoms with Crippen molar-refractivity contribution < 1.29 is 33.2 Å². The Balaban J connectivity index is 1.55. The molecule has 1 N–H and O–H groups in total. The molecule has 0 aliphatic heterocycles. The van der Waals surface area contributed by atoms with Crippen LogP contribution in [0.1, 0.15) is 5.56 Å². The average Bonchev–Trinajstić information content (AvgIpc) is 3.10. The number of nitrogens with one attached hydrogen (secondary N) is 1. The highest BCUT2D eigenvalue weighted by molar-refractivity contribution is 8.01. The van der Waals surface area contributed by atoms with E-state index < -0.39 is 31.7 Å². The fourth-order valence-electron chi connectivity index (χ4n) is 2.78. The molecule has 0 spiro atoms. The van der Waals surface area contributed by atoms with Crippen LogP contribution in [0.3, 0.4) is 0 Å². The fourth-order valence-corrected chi connectivity index (χ4v) is 6.89. The molecular formula is C20H11Cl3F3N2O2S3+. The molecule has 33 heavy (non-hydrogen) atoms. The van der Waals surface area contributed by atoms with Crippen LogP contribution in [0.5, 0.6) is 0 Å². The molecule has 13 heteroatoms. The first kappa shape index (κ1) is 24.4. The van der Waals surface area contributed by atoms with Gasteiger partial charge in [-0.05, 0) is 48.5 Å². The average molecular weight is 571 g/mol. The number of anilines is 1. The van der Waals surface area contributed by atoms with Crippen molar-refractivity contribution in [3.05, 3.63) is 75.2 Å². The lowest BCUT2D eigenvalue weighted by Crippen LogP contribution is -2.15. The molecule has 0 saturated heterocycles. The predicted octanol–water partition coefficient (Wildman–Crippen LogP) is 7.27.